The van der Waals surface area contributed by atoms with Crippen molar-refractivity contribution in [3.63, 3.8) is 0 Å². The van der Waals surface area contributed by atoms with Gasteiger partial charge in [0, 0.05) is 0 Å². The minimum absolute atomic E-state index is 0.184. The summed E-state index contributed by atoms with van der Waals surface area (Å²) in [5, 5.41) is 12.5. The first-order valence-corrected chi connectivity index (χ1v) is 5.39. The van der Waals surface area contributed by atoms with Gasteiger partial charge >= 0.3 is 0 Å². The smallest absolute Gasteiger partial charge is 0.267 e. The molecule has 0 saturated carbocycles. The molecule has 2 rings (SSSR count). The van der Waals surface area contributed by atoms with Gasteiger partial charge in [-0.25, -0.2) is 0 Å². The second kappa shape index (κ2) is 3.72. The summed E-state index contributed by atoms with van der Waals surface area (Å²) in [6, 6.07) is 3.55. The lowest BCUT2D eigenvalue weighted by Crippen LogP contribution is -2.09. The second-order valence-corrected chi connectivity index (χ2v) is 4.33. The van der Waals surface area contributed by atoms with Crippen LogP contribution in [0.1, 0.15) is 9.67 Å². The molecule has 1 amide bonds. The molecule has 0 saturated heterocycles. The van der Waals surface area contributed by atoms with Crippen molar-refractivity contribution >= 4 is 38.8 Å². The largest absolute Gasteiger partial charge is 0.374 e. The summed E-state index contributed by atoms with van der Waals surface area (Å²) in [5.41, 5.74) is 5.37. The number of anilines is 2. The summed E-state index contributed by atoms with van der Waals surface area (Å²) in [7, 11) is 0. The van der Waals surface area contributed by atoms with Gasteiger partial charge in [-0.05, 0) is 11.4 Å². The van der Waals surface area contributed by atoms with Crippen molar-refractivity contribution in [3.05, 3.63) is 22.4 Å². The monoisotopic (exact) mass is 226 g/mol. The van der Waals surface area contributed by atoms with Crippen LogP contribution in [0.4, 0.5) is 10.3 Å². The van der Waals surface area contributed by atoms with Crippen molar-refractivity contribution in [2.75, 3.05) is 11.1 Å². The van der Waals surface area contributed by atoms with Gasteiger partial charge in [0.2, 0.25) is 10.3 Å². The van der Waals surface area contributed by atoms with E-state index in [0.29, 0.717) is 15.1 Å². The van der Waals surface area contributed by atoms with E-state index in [1.165, 1.54) is 11.3 Å². The van der Waals surface area contributed by atoms with Crippen molar-refractivity contribution in [2.45, 2.75) is 0 Å². The van der Waals surface area contributed by atoms with Gasteiger partial charge in [-0.15, -0.1) is 21.5 Å². The molecule has 72 valence electrons. The summed E-state index contributed by atoms with van der Waals surface area (Å²) >= 11 is 2.51. The standard InChI is InChI=1S/C7H6N4OS2/c8-6-10-11-7(14-6)9-5(12)4-2-1-3-13-4/h1-3H,(H2,8,10)(H,9,11,12). The number of hydrogen-bond donors (Lipinski definition) is 2. The molecule has 0 aliphatic heterocycles. The summed E-state index contributed by atoms with van der Waals surface area (Å²) in [6.45, 7) is 0. The second-order valence-electron chi connectivity index (χ2n) is 2.38. The summed E-state index contributed by atoms with van der Waals surface area (Å²) in [5.74, 6) is -0.184. The molecule has 0 unspecified atom stereocenters. The van der Waals surface area contributed by atoms with E-state index in [2.05, 4.69) is 15.5 Å². The molecule has 0 aliphatic rings. The Hall–Kier alpha value is -1.47. The molecule has 5 nitrogen and oxygen atoms in total. The number of nitrogen functional groups attached to an aromatic ring is 1. The molecular weight excluding hydrogens is 220 g/mol. The maximum Gasteiger partial charge on any atom is 0.267 e. The normalized spacial score (nSPS) is 10.0. The Labute approximate surface area is 87.6 Å². The van der Waals surface area contributed by atoms with Crippen LogP contribution >= 0.6 is 22.7 Å². The average Bonchev–Trinajstić information content (AvgIpc) is 2.75. The highest BCUT2D eigenvalue weighted by Gasteiger charge is 2.09. The lowest BCUT2D eigenvalue weighted by Gasteiger charge is -1.95. The average molecular weight is 226 g/mol. The quantitative estimate of drug-likeness (QED) is 0.811. The SMILES string of the molecule is Nc1nnc(NC(=O)c2cccs2)s1. The number of nitrogens with two attached hydrogens (primary N) is 1. The third-order valence-electron chi connectivity index (χ3n) is 1.41. The molecule has 3 N–H and O–H groups in total. The Morgan fingerprint density at radius 2 is 2.36 bits per heavy atom. The van der Waals surface area contributed by atoms with E-state index in [0.717, 1.165) is 11.3 Å². The van der Waals surface area contributed by atoms with Crippen molar-refractivity contribution in [3.8, 4) is 0 Å². The third-order valence-corrected chi connectivity index (χ3v) is 2.94. The van der Waals surface area contributed by atoms with Crippen LogP contribution in [0, 0.1) is 0 Å². The number of carbonyl (C=O) groups is 1. The number of amides is 1. The van der Waals surface area contributed by atoms with Crippen molar-refractivity contribution < 1.29 is 4.79 Å². The predicted molar refractivity (Wildman–Crippen MR) is 56.6 cm³/mol. The van der Waals surface area contributed by atoms with Gasteiger partial charge < -0.3 is 5.73 Å². The molecule has 0 aromatic carbocycles. The number of carbonyl (C=O) groups excluding carboxylic acids is 1. The van der Waals surface area contributed by atoms with Gasteiger partial charge in [0.25, 0.3) is 5.91 Å². The van der Waals surface area contributed by atoms with Gasteiger partial charge in [-0.3, -0.25) is 10.1 Å². The molecule has 0 bridgehead atoms. The van der Waals surface area contributed by atoms with Gasteiger partial charge in [-0.1, -0.05) is 17.4 Å². The van der Waals surface area contributed by atoms with E-state index in [1.54, 1.807) is 6.07 Å². The molecule has 0 atom stereocenters. The lowest BCUT2D eigenvalue weighted by atomic mass is 10.4. The first kappa shape index (κ1) is 9.10. The Kier molecular flexibility index (Phi) is 2.42. The molecule has 0 radical (unpaired) electrons. The van der Waals surface area contributed by atoms with Gasteiger partial charge in [0.05, 0.1) is 4.88 Å². The van der Waals surface area contributed by atoms with Crippen molar-refractivity contribution in [1.82, 2.24) is 10.2 Å². The minimum atomic E-state index is -0.184. The zero-order valence-electron chi connectivity index (χ0n) is 6.93. The van der Waals surface area contributed by atoms with Gasteiger partial charge in [-0.2, -0.15) is 0 Å². The molecule has 7 heteroatoms. The first-order chi connectivity index (χ1) is 6.75. The molecule has 2 aromatic heterocycles. The van der Waals surface area contributed by atoms with E-state index in [9.17, 15) is 4.79 Å². The van der Waals surface area contributed by atoms with Crippen LogP contribution in [0.25, 0.3) is 0 Å². The zero-order chi connectivity index (χ0) is 9.97. The number of aromatic nitrogens is 2. The fourth-order valence-electron chi connectivity index (χ4n) is 0.852. The van der Waals surface area contributed by atoms with Crippen LogP contribution in [0.5, 0.6) is 0 Å². The first-order valence-electron chi connectivity index (χ1n) is 3.69. The van der Waals surface area contributed by atoms with E-state index in [4.69, 9.17) is 5.73 Å². The fourth-order valence-corrected chi connectivity index (χ4v) is 1.98. The van der Waals surface area contributed by atoms with Gasteiger partial charge in [0.1, 0.15) is 0 Å². The molecule has 0 aliphatic carbocycles. The number of hydrogen-bond acceptors (Lipinski definition) is 6. The van der Waals surface area contributed by atoms with Crippen LogP contribution in [0.15, 0.2) is 17.5 Å². The van der Waals surface area contributed by atoms with Crippen LogP contribution in [-0.4, -0.2) is 16.1 Å². The molecule has 0 spiro atoms. The Morgan fingerprint density at radius 1 is 1.50 bits per heavy atom. The predicted octanol–water partition coefficient (Wildman–Crippen LogP) is 1.43. The fraction of sp³-hybridized carbons (Fsp3) is 0. The Balaban J connectivity index is 2.09. The third kappa shape index (κ3) is 1.88. The number of nitrogens with one attached hydrogen (secondary N) is 1. The highest BCUT2D eigenvalue weighted by molar-refractivity contribution is 7.19. The van der Waals surface area contributed by atoms with E-state index in [1.807, 2.05) is 11.4 Å². The molecule has 2 aromatic rings. The molecule has 14 heavy (non-hydrogen) atoms. The minimum Gasteiger partial charge on any atom is -0.374 e. The highest BCUT2D eigenvalue weighted by atomic mass is 32.1. The van der Waals surface area contributed by atoms with Crippen LogP contribution < -0.4 is 11.1 Å². The van der Waals surface area contributed by atoms with Crippen LogP contribution in [0.2, 0.25) is 0 Å². The van der Waals surface area contributed by atoms with E-state index < -0.39 is 0 Å². The maximum absolute atomic E-state index is 11.5. The molecular formula is C7H6N4OS2. The van der Waals surface area contributed by atoms with Gasteiger partial charge in [0.15, 0.2) is 0 Å². The van der Waals surface area contributed by atoms with E-state index >= 15 is 0 Å². The maximum atomic E-state index is 11.5. The number of thiophene rings is 1. The summed E-state index contributed by atoms with van der Waals surface area (Å²) in [4.78, 5) is 12.1. The Morgan fingerprint density at radius 3 is 2.93 bits per heavy atom. The van der Waals surface area contributed by atoms with Crippen LogP contribution in [-0.2, 0) is 0 Å². The van der Waals surface area contributed by atoms with Crippen molar-refractivity contribution in [2.24, 2.45) is 0 Å². The zero-order valence-corrected chi connectivity index (χ0v) is 8.56. The topological polar surface area (TPSA) is 80.9 Å². The summed E-state index contributed by atoms with van der Waals surface area (Å²) < 4.78 is 0. The highest BCUT2D eigenvalue weighted by Crippen LogP contribution is 2.18. The number of nitrogens with zero attached hydrogens (tertiary/aromatic N) is 2. The Bertz CT molecular complexity index is 436. The number of rotatable bonds is 2. The molecule has 2 heterocycles. The van der Waals surface area contributed by atoms with Crippen molar-refractivity contribution in [1.29, 1.82) is 0 Å². The van der Waals surface area contributed by atoms with Crippen LogP contribution in [0.3, 0.4) is 0 Å². The molecule has 0 fully saturated rings. The summed E-state index contributed by atoms with van der Waals surface area (Å²) in [6.07, 6.45) is 0. The van der Waals surface area contributed by atoms with E-state index in [-0.39, 0.29) is 5.91 Å². The lowest BCUT2D eigenvalue weighted by molar-refractivity contribution is 0.103.